The van der Waals surface area contributed by atoms with Crippen molar-refractivity contribution in [2.45, 2.75) is 6.42 Å². The van der Waals surface area contributed by atoms with Crippen LogP contribution < -0.4 is 15.4 Å². The number of ether oxygens (including phenoxy) is 1. The van der Waals surface area contributed by atoms with Crippen molar-refractivity contribution in [3.63, 3.8) is 0 Å². The minimum Gasteiger partial charge on any atom is -0.495 e. The zero-order valence-electron chi connectivity index (χ0n) is 9.00. The third kappa shape index (κ3) is 3.53. The minimum atomic E-state index is -0.0575. The van der Waals surface area contributed by atoms with Gasteiger partial charge in [-0.2, -0.15) is 0 Å². The number of methoxy groups -OCH3 is 1. The molecule has 1 aromatic heterocycles. The van der Waals surface area contributed by atoms with Crippen LogP contribution in [0.4, 0.5) is 0 Å². The van der Waals surface area contributed by atoms with Gasteiger partial charge in [-0.1, -0.05) is 0 Å². The molecule has 15 heavy (non-hydrogen) atoms. The summed E-state index contributed by atoms with van der Waals surface area (Å²) in [6.45, 7) is 1.59. The summed E-state index contributed by atoms with van der Waals surface area (Å²) in [4.78, 5) is 12.3. The summed E-state index contributed by atoms with van der Waals surface area (Å²) in [5.41, 5.74) is 0. The Morgan fingerprint density at radius 2 is 2.33 bits per heavy atom. The monoisotopic (exact) mass is 228 g/mol. The molecule has 0 spiro atoms. The van der Waals surface area contributed by atoms with E-state index < -0.39 is 0 Å². The van der Waals surface area contributed by atoms with Crippen LogP contribution in [0, 0.1) is 0 Å². The second-order valence-electron chi connectivity index (χ2n) is 3.03. The van der Waals surface area contributed by atoms with E-state index in [1.807, 2.05) is 12.4 Å². The molecular formula is C10H16N2O2S. The highest BCUT2D eigenvalue weighted by Gasteiger charge is 2.12. The summed E-state index contributed by atoms with van der Waals surface area (Å²) in [5, 5.41) is 7.72. The molecule has 1 heterocycles. The maximum atomic E-state index is 11.6. The van der Waals surface area contributed by atoms with Crippen molar-refractivity contribution in [3.8, 4) is 5.75 Å². The van der Waals surface area contributed by atoms with Gasteiger partial charge in [0.1, 0.15) is 10.6 Å². The Hall–Kier alpha value is -1.07. The van der Waals surface area contributed by atoms with Gasteiger partial charge in [0, 0.05) is 6.54 Å². The zero-order chi connectivity index (χ0) is 11.1. The first-order chi connectivity index (χ1) is 7.29. The van der Waals surface area contributed by atoms with Crippen molar-refractivity contribution < 1.29 is 9.53 Å². The highest BCUT2D eigenvalue weighted by atomic mass is 32.1. The quantitative estimate of drug-likeness (QED) is 0.717. The second-order valence-corrected chi connectivity index (χ2v) is 3.95. The van der Waals surface area contributed by atoms with Crippen molar-refractivity contribution in [2.24, 2.45) is 0 Å². The van der Waals surface area contributed by atoms with Crippen LogP contribution in [-0.4, -0.2) is 33.2 Å². The van der Waals surface area contributed by atoms with Crippen molar-refractivity contribution in [3.05, 3.63) is 16.3 Å². The lowest BCUT2D eigenvalue weighted by atomic mass is 10.3. The fourth-order valence-electron chi connectivity index (χ4n) is 1.17. The molecule has 84 valence electrons. The van der Waals surface area contributed by atoms with Crippen LogP contribution in [-0.2, 0) is 0 Å². The van der Waals surface area contributed by atoms with E-state index in [4.69, 9.17) is 4.74 Å². The standard InChI is InChI=1S/C10H16N2O2S/c1-11-5-3-6-12-10(13)9-8(14-2)4-7-15-9/h4,7,11H,3,5-6H2,1-2H3,(H,12,13). The smallest absolute Gasteiger partial charge is 0.265 e. The Morgan fingerprint density at radius 1 is 1.53 bits per heavy atom. The van der Waals surface area contributed by atoms with Gasteiger partial charge in [0.2, 0.25) is 0 Å². The third-order valence-electron chi connectivity index (χ3n) is 1.94. The fourth-order valence-corrected chi connectivity index (χ4v) is 1.95. The summed E-state index contributed by atoms with van der Waals surface area (Å²) in [6.07, 6.45) is 0.927. The van der Waals surface area contributed by atoms with Crippen molar-refractivity contribution in [1.29, 1.82) is 0 Å². The SMILES string of the molecule is CNCCCNC(=O)c1sccc1OC. The summed E-state index contributed by atoms with van der Waals surface area (Å²) in [6, 6.07) is 1.80. The number of carbonyl (C=O) groups excluding carboxylic acids is 1. The molecule has 0 radical (unpaired) electrons. The van der Waals surface area contributed by atoms with Gasteiger partial charge in [-0.05, 0) is 31.5 Å². The average Bonchev–Trinajstić information content (AvgIpc) is 2.72. The van der Waals surface area contributed by atoms with Gasteiger partial charge in [0.05, 0.1) is 7.11 Å². The lowest BCUT2D eigenvalue weighted by Gasteiger charge is -2.04. The average molecular weight is 228 g/mol. The van der Waals surface area contributed by atoms with Crippen LogP contribution in [0.5, 0.6) is 5.75 Å². The van der Waals surface area contributed by atoms with Gasteiger partial charge in [0.25, 0.3) is 5.91 Å². The number of carbonyl (C=O) groups is 1. The molecule has 0 fully saturated rings. The number of amides is 1. The van der Waals surface area contributed by atoms with E-state index in [2.05, 4.69) is 10.6 Å². The number of hydrogen-bond acceptors (Lipinski definition) is 4. The van der Waals surface area contributed by atoms with Gasteiger partial charge in [-0.25, -0.2) is 0 Å². The van der Waals surface area contributed by atoms with Crippen molar-refractivity contribution >= 4 is 17.2 Å². The van der Waals surface area contributed by atoms with Gasteiger partial charge in [-0.15, -0.1) is 11.3 Å². The molecule has 1 rings (SSSR count). The Labute approximate surface area is 93.6 Å². The van der Waals surface area contributed by atoms with E-state index in [-0.39, 0.29) is 5.91 Å². The first kappa shape index (κ1) is 12.0. The van der Waals surface area contributed by atoms with Crippen LogP contribution >= 0.6 is 11.3 Å². The summed E-state index contributed by atoms with van der Waals surface area (Å²) in [7, 11) is 3.46. The topological polar surface area (TPSA) is 50.4 Å². The third-order valence-corrected chi connectivity index (χ3v) is 2.84. The molecule has 0 aliphatic rings. The first-order valence-electron chi connectivity index (χ1n) is 4.84. The molecule has 0 aliphatic heterocycles. The lowest BCUT2D eigenvalue weighted by Crippen LogP contribution is -2.26. The van der Waals surface area contributed by atoms with E-state index in [1.54, 1.807) is 13.2 Å². The van der Waals surface area contributed by atoms with E-state index in [0.717, 1.165) is 13.0 Å². The number of thiophene rings is 1. The number of hydrogen-bond donors (Lipinski definition) is 2. The zero-order valence-corrected chi connectivity index (χ0v) is 9.82. The molecule has 0 atom stereocenters. The van der Waals surface area contributed by atoms with Gasteiger partial charge in [0.15, 0.2) is 0 Å². The molecule has 0 bridgehead atoms. The highest BCUT2D eigenvalue weighted by Crippen LogP contribution is 2.23. The molecule has 4 nitrogen and oxygen atoms in total. The second kappa shape index (κ2) is 6.42. The Bertz CT molecular complexity index is 312. The first-order valence-corrected chi connectivity index (χ1v) is 5.72. The molecule has 5 heteroatoms. The van der Waals surface area contributed by atoms with Crippen LogP contribution in [0.3, 0.4) is 0 Å². The molecule has 2 N–H and O–H groups in total. The lowest BCUT2D eigenvalue weighted by molar-refractivity contribution is 0.0954. The van der Waals surface area contributed by atoms with Crippen LogP contribution in [0.15, 0.2) is 11.4 Å². The number of rotatable bonds is 6. The van der Waals surface area contributed by atoms with Crippen LogP contribution in [0.2, 0.25) is 0 Å². The predicted molar refractivity (Wildman–Crippen MR) is 61.7 cm³/mol. The summed E-state index contributed by atoms with van der Waals surface area (Å²) >= 11 is 1.39. The van der Waals surface area contributed by atoms with Crippen molar-refractivity contribution in [1.82, 2.24) is 10.6 Å². The maximum absolute atomic E-state index is 11.6. The fraction of sp³-hybridized carbons (Fsp3) is 0.500. The van der Waals surface area contributed by atoms with Crippen molar-refractivity contribution in [2.75, 3.05) is 27.2 Å². The van der Waals surface area contributed by atoms with E-state index in [0.29, 0.717) is 17.2 Å². The van der Waals surface area contributed by atoms with Gasteiger partial charge in [-0.3, -0.25) is 4.79 Å². The number of nitrogens with one attached hydrogen (secondary N) is 2. The van der Waals surface area contributed by atoms with Gasteiger partial charge < -0.3 is 15.4 Å². The normalized spacial score (nSPS) is 10.0. The van der Waals surface area contributed by atoms with Crippen LogP contribution in [0.1, 0.15) is 16.1 Å². The predicted octanol–water partition coefficient (Wildman–Crippen LogP) is 1.10. The molecule has 0 aliphatic carbocycles. The molecule has 0 saturated carbocycles. The Balaban J connectivity index is 2.40. The largest absolute Gasteiger partial charge is 0.495 e. The van der Waals surface area contributed by atoms with E-state index in [1.165, 1.54) is 11.3 Å². The van der Waals surface area contributed by atoms with E-state index in [9.17, 15) is 4.79 Å². The Morgan fingerprint density at radius 3 is 3.00 bits per heavy atom. The molecular weight excluding hydrogens is 212 g/mol. The molecule has 1 amide bonds. The molecule has 1 aromatic rings. The Kier molecular flexibility index (Phi) is 5.14. The summed E-state index contributed by atoms with van der Waals surface area (Å²) in [5.74, 6) is 0.587. The highest BCUT2D eigenvalue weighted by molar-refractivity contribution is 7.12. The maximum Gasteiger partial charge on any atom is 0.265 e. The molecule has 0 saturated heterocycles. The van der Waals surface area contributed by atoms with E-state index >= 15 is 0 Å². The molecule has 0 unspecified atom stereocenters. The summed E-state index contributed by atoms with van der Waals surface area (Å²) < 4.78 is 5.07. The molecule has 0 aromatic carbocycles. The minimum absolute atomic E-state index is 0.0575. The van der Waals surface area contributed by atoms with Gasteiger partial charge >= 0.3 is 0 Å². The van der Waals surface area contributed by atoms with Crippen LogP contribution in [0.25, 0.3) is 0 Å².